The second-order valence-corrected chi connectivity index (χ2v) is 8.32. The van der Waals surface area contributed by atoms with Gasteiger partial charge in [-0.2, -0.15) is 0 Å². The predicted octanol–water partition coefficient (Wildman–Crippen LogP) is 3.16. The quantitative estimate of drug-likeness (QED) is 0.694. The number of ether oxygens (including phenoxy) is 1. The fourth-order valence-corrected chi connectivity index (χ4v) is 4.25. The summed E-state index contributed by atoms with van der Waals surface area (Å²) in [5, 5.41) is 6.78. The number of carbonyl (C=O) groups excluding carboxylic acids is 1. The Morgan fingerprint density at radius 2 is 1.93 bits per heavy atom. The van der Waals surface area contributed by atoms with Crippen LogP contribution in [-0.4, -0.2) is 62.8 Å². The standard InChI is InChI=1S/C23H29ClN4O2/c24-19-6-3-7-21(16-19)28-13-11-27(12-14-28)10-4-9-25-23(29)26-20-15-18-5-1-2-8-22(18)30-17-20/h1-3,5-8,16,20H,4,9-15,17H2,(H2,25,26,29)/t20-/m0/s1. The van der Waals surface area contributed by atoms with Gasteiger partial charge in [-0.15, -0.1) is 0 Å². The topological polar surface area (TPSA) is 56.8 Å². The predicted molar refractivity (Wildman–Crippen MR) is 121 cm³/mol. The molecule has 4 rings (SSSR count). The highest BCUT2D eigenvalue weighted by atomic mass is 35.5. The highest BCUT2D eigenvalue weighted by Gasteiger charge is 2.21. The number of fused-ring (bicyclic) bond motifs is 1. The van der Waals surface area contributed by atoms with E-state index in [0.717, 1.165) is 61.9 Å². The summed E-state index contributed by atoms with van der Waals surface area (Å²) in [5.74, 6) is 0.923. The lowest BCUT2D eigenvalue weighted by Crippen LogP contribution is -2.48. The lowest BCUT2D eigenvalue weighted by atomic mass is 10.0. The SMILES string of the molecule is O=C(NCCCN1CCN(c2cccc(Cl)c2)CC1)N[C@@H]1COc2ccccc2C1. The van der Waals surface area contributed by atoms with Gasteiger partial charge in [0.25, 0.3) is 0 Å². The van der Waals surface area contributed by atoms with Crippen LogP contribution in [0.4, 0.5) is 10.5 Å². The van der Waals surface area contributed by atoms with Gasteiger partial charge in [0.1, 0.15) is 12.4 Å². The molecular formula is C23H29ClN4O2. The van der Waals surface area contributed by atoms with E-state index < -0.39 is 0 Å². The summed E-state index contributed by atoms with van der Waals surface area (Å²) in [5.41, 5.74) is 2.33. The molecule has 1 fully saturated rings. The molecule has 30 heavy (non-hydrogen) atoms. The molecule has 1 atom stereocenters. The van der Waals surface area contributed by atoms with Crippen LogP contribution in [0.1, 0.15) is 12.0 Å². The molecule has 6 nitrogen and oxygen atoms in total. The van der Waals surface area contributed by atoms with Crippen molar-refractivity contribution in [2.75, 3.05) is 50.8 Å². The zero-order valence-electron chi connectivity index (χ0n) is 17.1. The van der Waals surface area contributed by atoms with E-state index in [-0.39, 0.29) is 12.1 Å². The first-order chi connectivity index (χ1) is 14.7. The van der Waals surface area contributed by atoms with Gasteiger partial charge in [-0.1, -0.05) is 35.9 Å². The summed E-state index contributed by atoms with van der Waals surface area (Å²) in [7, 11) is 0. The Hall–Kier alpha value is -2.44. The molecule has 7 heteroatoms. The second-order valence-electron chi connectivity index (χ2n) is 7.88. The van der Waals surface area contributed by atoms with E-state index in [9.17, 15) is 4.79 Å². The van der Waals surface area contributed by atoms with Crippen molar-refractivity contribution >= 4 is 23.3 Å². The Morgan fingerprint density at radius 3 is 2.77 bits per heavy atom. The number of hydrogen-bond acceptors (Lipinski definition) is 4. The van der Waals surface area contributed by atoms with E-state index in [0.29, 0.717) is 13.2 Å². The Labute approximate surface area is 183 Å². The van der Waals surface area contributed by atoms with Gasteiger partial charge in [0, 0.05) is 43.4 Å². The van der Waals surface area contributed by atoms with Crippen molar-refractivity contribution in [2.24, 2.45) is 0 Å². The summed E-state index contributed by atoms with van der Waals surface area (Å²) in [4.78, 5) is 17.0. The van der Waals surface area contributed by atoms with Crippen molar-refractivity contribution in [1.82, 2.24) is 15.5 Å². The van der Waals surface area contributed by atoms with Crippen molar-refractivity contribution in [3.8, 4) is 5.75 Å². The van der Waals surface area contributed by atoms with Crippen molar-refractivity contribution in [2.45, 2.75) is 18.9 Å². The molecule has 0 aliphatic carbocycles. The third-order valence-electron chi connectivity index (χ3n) is 5.70. The summed E-state index contributed by atoms with van der Waals surface area (Å²) in [6.45, 7) is 6.22. The monoisotopic (exact) mass is 428 g/mol. The lowest BCUT2D eigenvalue weighted by molar-refractivity contribution is 0.213. The van der Waals surface area contributed by atoms with E-state index in [1.807, 2.05) is 42.5 Å². The van der Waals surface area contributed by atoms with Crippen LogP contribution in [0.2, 0.25) is 5.02 Å². The average Bonchev–Trinajstić information content (AvgIpc) is 2.77. The zero-order chi connectivity index (χ0) is 20.8. The second kappa shape index (κ2) is 10.0. The Kier molecular flexibility index (Phi) is 6.97. The molecule has 1 saturated heterocycles. The smallest absolute Gasteiger partial charge is 0.315 e. The van der Waals surface area contributed by atoms with E-state index in [1.165, 1.54) is 5.69 Å². The van der Waals surface area contributed by atoms with Gasteiger partial charge < -0.3 is 20.3 Å². The van der Waals surface area contributed by atoms with Crippen LogP contribution in [0.3, 0.4) is 0 Å². The number of anilines is 1. The number of nitrogens with one attached hydrogen (secondary N) is 2. The van der Waals surface area contributed by atoms with Crippen molar-refractivity contribution < 1.29 is 9.53 Å². The molecule has 0 unspecified atom stereocenters. The number of amides is 2. The normalized spacial score (nSPS) is 19.0. The van der Waals surface area contributed by atoms with Crippen LogP contribution >= 0.6 is 11.6 Å². The maximum atomic E-state index is 12.2. The van der Waals surface area contributed by atoms with Crippen LogP contribution in [0.15, 0.2) is 48.5 Å². The number of hydrogen-bond donors (Lipinski definition) is 2. The minimum absolute atomic E-state index is 0.0134. The van der Waals surface area contributed by atoms with Crippen molar-refractivity contribution in [3.63, 3.8) is 0 Å². The average molecular weight is 429 g/mol. The van der Waals surface area contributed by atoms with Gasteiger partial charge in [0.15, 0.2) is 0 Å². The molecular weight excluding hydrogens is 400 g/mol. The van der Waals surface area contributed by atoms with E-state index >= 15 is 0 Å². The molecule has 0 bridgehead atoms. The molecule has 160 valence electrons. The van der Waals surface area contributed by atoms with Crippen LogP contribution in [0, 0.1) is 0 Å². The molecule has 2 amide bonds. The van der Waals surface area contributed by atoms with Crippen LogP contribution in [-0.2, 0) is 6.42 Å². The molecule has 2 heterocycles. The molecule has 0 radical (unpaired) electrons. The number of carbonyl (C=O) groups is 1. The number of rotatable bonds is 6. The fraction of sp³-hybridized carbons (Fsp3) is 0.435. The first-order valence-electron chi connectivity index (χ1n) is 10.7. The van der Waals surface area contributed by atoms with Gasteiger partial charge in [-0.3, -0.25) is 4.90 Å². The molecule has 2 aromatic carbocycles. The minimum Gasteiger partial charge on any atom is -0.491 e. The maximum absolute atomic E-state index is 12.2. The van der Waals surface area contributed by atoms with Gasteiger partial charge in [-0.05, 0) is 49.2 Å². The number of piperazine rings is 1. The number of urea groups is 1. The van der Waals surface area contributed by atoms with Gasteiger partial charge in [0.2, 0.25) is 0 Å². The third kappa shape index (κ3) is 5.58. The Balaban J connectivity index is 1.10. The summed E-state index contributed by atoms with van der Waals surface area (Å²) < 4.78 is 5.73. The number of para-hydroxylation sites is 1. The maximum Gasteiger partial charge on any atom is 0.315 e. The van der Waals surface area contributed by atoms with Crippen LogP contribution < -0.4 is 20.3 Å². The number of benzene rings is 2. The van der Waals surface area contributed by atoms with Gasteiger partial charge >= 0.3 is 6.03 Å². The third-order valence-corrected chi connectivity index (χ3v) is 5.93. The van der Waals surface area contributed by atoms with Crippen LogP contribution in [0.25, 0.3) is 0 Å². The first-order valence-corrected chi connectivity index (χ1v) is 11.0. The highest BCUT2D eigenvalue weighted by molar-refractivity contribution is 6.30. The Bertz CT molecular complexity index is 855. The summed E-state index contributed by atoms with van der Waals surface area (Å²) in [6.07, 6.45) is 1.75. The van der Waals surface area contributed by atoms with Crippen molar-refractivity contribution in [3.05, 3.63) is 59.1 Å². The van der Waals surface area contributed by atoms with Gasteiger partial charge in [-0.25, -0.2) is 4.79 Å². The van der Waals surface area contributed by atoms with E-state index in [2.05, 4.69) is 26.5 Å². The van der Waals surface area contributed by atoms with Crippen LogP contribution in [0.5, 0.6) is 5.75 Å². The molecule has 2 aliphatic heterocycles. The van der Waals surface area contributed by atoms with Crippen molar-refractivity contribution in [1.29, 1.82) is 0 Å². The fourth-order valence-electron chi connectivity index (χ4n) is 4.06. The molecule has 0 saturated carbocycles. The largest absolute Gasteiger partial charge is 0.491 e. The highest BCUT2D eigenvalue weighted by Crippen LogP contribution is 2.24. The molecule has 0 aromatic heterocycles. The molecule has 2 N–H and O–H groups in total. The molecule has 2 aliphatic rings. The lowest BCUT2D eigenvalue weighted by Gasteiger charge is -2.36. The zero-order valence-corrected chi connectivity index (χ0v) is 17.9. The number of nitrogens with zero attached hydrogens (tertiary/aromatic N) is 2. The van der Waals surface area contributed by atoms with E-state index in [1.54, 1.807) is 0 Å². The molecule has 0 spiro atoms. The van der Waals surface area contributed by atoms with E-state index in [4.69, 9.17) is 16.3 Å². The minimum atomic E-state index is -0.117. The molecule has 2 aromatic rings. The Morgan fingerprint density at radius 1 is 1.10 bits per heavy atom. The first kappa shape index (κ1) is 20.8. The van der Waals surface area contributed by atoms with Gasteiger partial charge in [0.05, 0.1) is 6.04 Å². The number of halogens is 1. The summed E-state index contributed by atoms with van der Waals surface area (Å²) in [6, 6.07) is 15.9. The summed E-state index contributed by atoms with van der Waals surface area (Å²) >= 11 is 6.10.